The van der Waals surface area contributed by atoms with Crippen LogP contribution in [0.1, 0.15) is 23.6 Å². The van der Waals surface area contributed by atoms with Crippen LogP contribution in [0.4, 0.5) is 11.4 Å². The fourth-order valence-corrected chi connectivity index (χ4v) is 3.06. The quantitative estimate of drug-likeness (QED) is 0.888. The Kier molecular flexibility index (Phi) is 4.83. The van der Waals surface area contributed by atoms with E-state index in [0.717, 1.165) is 28.3 Å². The third-order valence-corrected chi connectivity index (χ3v) is 4.24. The average molecular weight is 340 g/mol. The fraction of sp³-hybridized carbons (Fsp3) is 0.350. The number of nitrogens with one attached hydrogen (secondary N) is 2. The minimum atomic E-state index is -0.386. The second-order valence-electron chi connectivity index (χ2n) is 6.49. The Morgan fingerprint density at radius 2 is 1.64 bits per heavy atom. The van der Waals surface area contributed by atoms with Crippen LogP contribution < -0.4 is 20.1 Å². The van der Waals surface area contributed by atoms with E-state index >= 15 is 0 Å². The highest BCUT2D eigenvalue weighted by Gasteiger charge is 2.17. The maximum absolute atomic E-state index is 12.6. The highest BCUT2D eigenvalue weighted by molar-refractivity contribution is 5.97. The molecule has 1 atom stereocenters. The molecular formula is C20H24N2O3. The lowest BCUT2D eigenvalue weighted by atomic mass is 10.0. The summed E-state index contributed by atoms with van der Waals surface area (Å²) < 4.78 is 11.1. The van der Waals surface area contributed by atoms with Gasteiger partial charge in [-0.25, -0.2) is 0 Å². The molecule has 2 aromatic rings. The number of fused-ring (bicyclic) bond motifs is 1. The largest absolute Gasteiger partial charge is 0.486 e. The smallest absolute Gasteiger partial charge is 0.246 e. The topological polar surface area (TPSA) is 59.6 Å². The Bertz CT molecular complexity index is 779. The van der Waals surface area contributed by atoms with Gasteiger partial charge in [-0.2, -0.15) is 0 Å². The van der Waals surface area contributed by atoms with E-state index in [1.165, 1.54) is 5.56 Å². The summed E-state index contributed by atoms with van der Waals surface area (Å²) in [6, 6.07) is 9.36. The molecule has 2 aromatic carbocycles. The lowest BCUT2D eigenvalue weighted by molar-refractivity contribution is -0.116. The molecule has 5 heteroatoms. The van der Waals surface area contributed by atoms with Crippen LogP contribution in [0, 0.1) is 20.8 Å². The van der Waals surface area contributed by atoms with Crippen molar-refractivity contribution in [2.24, 2.45) is 0 Å². The summed E-state index contributed by atoms with van der Waals surface area (Å²) in [6.07, 6.45) is 0. The Labute approximate surface area is 148 Å². The molecule has 1 aliphatic heterocycles. The van der Waals surface area contributed by atoms with Crippen molar-refractivity contribution in [2.45, 2.75) is 33.7 Å². The molecule has 0 spiro atoms. The molecule has 1 unspecified atom stereocenters. The van der Waals surface area contributed by atoms with Crippen LogP contribution in [-0.2, 0) is 4.79 Å². The van der Waals surface area contributed by atoms with E-state index in [4.69, 9.17) is 9.47 Å². The number of rotatable bonds is 4. The van der Waals surface area contributed by atoms with Gasteiger partial charge in [0, 0.05) is 17.4 Å². The number of carbonyl (C=O) groups is 1. The van der Waals surface area contributed by atoms with Crippen molar-refractivity contribution in [3.63, 3.8) is 0 Å². The van der Waals surface area contributed by atoms with Gasteiger partial charge in [0.25, 0.3) is 0 Å². The number of benzene rings is 2. The first-order valence-corrected chi connectivity index (χ1v) is 8.49. The van der Waals surface area contributed by atoms with Crippen LogP contribution >= 0.6 is 0 Å². The first kappa shape index (κ1) is 17.1. The van der Waals surface area contributed by atoms with Gasteiger partial charge in [-0.3, -0.25) is 4.79 Å². The van der Waals surface area contributed by atoms with E-state index < -0.39 is 0 Å². The zero-order valence-corrected chi connectivity index (χ0v) is 15.1. The van der Waals surface area contributed by atoms with Crippen LogP contribution in [0.3, 0.4) is 0 Å². The molecular weight excluding hydrogens is 316 g/mol. The number of aryl methyl sites for hydroxylation is 3. The van der Waals surface area contributed by atoms with Crippen molar-refractivity contribution in [3.05, 3.63) is 47.0 Å². The zero-order valence-electron chi connectivity index (χ0n) is 15.1. The predicted molar refractivity (Wildman–Crippen MR) is 99.8 cm³/mol. The molecule has 0 aromatic heterocycles. The molecule has 2 N–H and O–H groups in total. The number of hydrogen-bond donors (Lipinski definition) is 2. The molecule has 5 nitrogen and oxygen atoms in total. The van der Waals surface area contributed by atoms with Crippen molar-refractivity contribution < 1.29 is 14.3 Å². The standard InChI is InChI=1S/C20H24N2O3/c1-12-9-13(2)19(14(3)10-12)22-20(23)15(4)21-16-5-6-17-18(11-16)25-8-7-24-17/h5-6,9-11,15,21H,7-8H2,1-4H3,(H,22,23). The molecule has 1 heterocycles. The Morgan fingerprint density at radius 3 is 2.32 bits per heavy atom. The molecule has 132 valence electrons. The van der Waals surface area contributed by atoms with Crippen molar-refractivity contribution in [1.82, 2.24) is 0 Å². The monoisotopic (exact) mass is 340 g/mol. The van der Waals surface area contributed by atoms with Gasteiger partial charge in [-0.1, -0.05) is 17.7 Å². The summed E-state index contributed by atoms with van der Waals surface area (Å²) in [7, 11) is 0. The van der Waals surface area contributed by atoms with Crippen LogP contribution in [0.25, 0.3) is 0 Å². The summed E-state index contributed by atoms with van der Waals surface area (Å²) in [5.74, 6) is 1.36. The van der Waals surface area contributed by atoms with Gasteiger partial charge < -0.3 is 20.1 Å². The third kappa shape index (κ3) is 3.87. The molecule has 0 bridgehead atoms. The van der Waals surface area contributed by atoms with Gasteiger partial charge in [-0.15, -0.1) is 0 Å². The molecule has 3 rings (SSSR count). The van der Waals surface area contributed by atoms with Crippen molar-refractivity contribution in [2.75, 3.05) is 23.8 Å². The molecule has 0 saturated heterocycles. The van der Waals surface area contributed by atoms with Gasteiger partial charge in [0.15, 0.2) is 11.5 Å². The Morgan fingerprint density at radius 1 is 1.00 bits per heavy atom. The van der Waals surface area contributed by atoms with Crippen molar-refractivity contribution in [3.8, 4) is 11.5 Å². The highest BCUT2D eigenvalue weighted by atomic mass is 16.6. The molecule has 1 aliphatic rings. The summed E-state index contributed by atoms with van der Waals surface area (Å²) in [5, 5.41) is 6.25. The number of hydrogen-bond acceptors (Lipinski definition) is 4. The van der Waals surface area contributed by atoms with Gasteiger partial charge in [0.1, 0.15) is 19.3 Å². The number of amides is 1. The predicted octanol–water partition coefficient (Wildman–Crippen LogP) is 3.82. The van der Waals surface area contributed by atoms with E-state index in [2.05, 4.69) is 29.7 Å². The maximum Gasteiger partial charge on any atom is 0.246 e. The Balaban J connectivity index is 1.69. The van der Waals surface area contributed by atoms with E-state index in [-0.39, 0.29) is 11.9 Å². The van der Waals surface area contributed by atoms with Gasteiger partial charge >= 0.3 is 0 Å². The summed E-state index contributed by atoms with van der Waals surface area (Å²) >= 11 is 0. The van der Waals surface area contributed by atoms with Crippen molar-refractivity contribution >= 4 is 17.3 Å². The maximum atomic E-state index is 12.6. The SMILES string of the molecule is Cc1cc(C)c(NC(=O)C(C)Nc2ccc3c(c2)OCCO3)c(C)c1. The Hall–Kier alpha value is -2.69. The van der Waals surface area contributed by atoms with Gasteiger partial charge in [0.05, 0.1) is 0 Å². The molecule has 0 saturated carbocycles. The van der Waals surface area contributed by atoms with Crippen LogP contribution in [0.15, 0.2) is 30.3 Å². The van der Waals surface area contributed by atoms with E-state index in [0.29, 0.717) is 19.0 Å². The van der Waals surface area contributed by atoms with Gasteiger partial charge in [0.2, 0.25) is 5.91 Å². The summed E-state index contributed by atoms with van der Waals surface area (Å²) in [4.78, 5) is 12.6. The minimum absolute atomic E-state index is 0.0788. The first-order chi connectivity index (χ1) is 11.9. The molecule has 0 radical (unpaired) electrons. The van der Waals surface area contributed by atoms with Crippen LogP contribution in [-0.4, -0.2) is 25.2 Å². The third-order valence-electron chi connectivity index (χ3n) is 4.24. The molecule has 0 aliphatic carbocycles. The average Bonchev–Trinajstić information content (AvgIpc) is 2.57. The lowest BCUT2D eigenvalue weighted by Gasteiger charge is -2.21. The number of carbonyl (C=O) groups excluding carboxylic acids is 1. The van der Waals surface area contributed by atoms with Crippen molar-refractivity contribution in [1.29, 1.82) is 0 Å². The number of anilines is 2. The molecule has 1 amide bonds. The van der Waals surface area contributed by atoms with E-state index in [1.807, 2.05) is 39.0 Å². The van der Waals surface area contributed by atoms with Crippen LogP contribution in [0.5, 0.6) is 11.5 Å². The van der Waals surface area contributed by atoms with E-state index in [1.54, 1.807) is 0 Å². The van der Waals surface area contributed by atoms with Gasteiger partial charge in [-0.05, 0) is 51.0 Å². The fourth-order valence-electron chi connectivity index (χ4n) is 3.06. The highest BCUT2D eigenvalue weighted by Crippen LogP contribution is 2.32. The normalized spacial score (nSPS) is 13.9. The second-order valence-corrected chi connectivity index (χ2v) is 6.49. The summed E-state index contributed by atoms with van der Waals surface area (Å²) in [6.45, 7) is 9.01. The number of ether oxygens (including phenoxy) is 2. The minimum Gasteiger partial charge on any atom is -0.486 e. The zero-order chi connectivity index (χ0) is 18.0. The van der Waals surface area contributed by atoms with E-state index in [9.17, 15) is 4.79 Å². The second kappa shape index (κ2) is 7.05. The lowest BCUT2D eigenvalue weighted by Crippen LogP contribution is -2.32. The molecule has 25 heavy (non-hydrogen) atoms. The summed E-state index contributed by atoms with van der Waals surface area (Å²) in [5.41, 5.74) is 5.03. The molecule has 0 fully saturated rings. The van der Waals surface area contributed by atoms with Crippen LogP contribution in [0.2, 0.25) is 0 Å². The first-order valence-electron chi connectivity index (χ1n) is 8.49.